The first-order chi connectivity index (χ1) is 31.5. The molecule has 0 heterocycles. The van der Waals surface area contributed by atoms with Crippen LogP contribution in [0.4, 0.5) is 0 Å². The van der Waals surface area contributed by atoms with Crippen molar-refractivity contribution in [3.63, 3.8) is 0 Å². The van der Waals surface area contributed by atoms with Crippen LogP contribution in [-0.4, -0.2) is 37.2 Å². The Hall–Kier alpha value is -2.11. The molecular weight excluding hydrogens is 793 g/mol. The molecule has 0 saturated carbocycles. The van der Waals surface area contributed by atoms with E-state index in [4.69, 9.17) is 14.2 Å². The van der Waals surface area contributed by atoms with E-state index < -0.39 is 6.10 Å². The molecule has 0 aromatic rings. The molecule has 6 nitrogen and oxygen atoms in total. The molecule has 0 rings (SSSR count). The largest absolute Gasteiger partial charge is 0.462 e. The highest BCUT2D eigenvalue weighted by atomic mass is 16.6. The number of hydrogen-bond acceptors (Lipinski definition) is 6. The van der Waals surface area contributed by atoms with Crippen LogP contribution in [0.5, 0.6) is 0 Å². The van der Waals surface area contributed by atoms with E-state index in [-0.39, 0.29) is 31.1 Å². The van der Waals surface area contributed by atoms with E-state index in [2.05, 4.69) is 45.1 Å². The maximum atomic E-state index is 12.8. The quantitative estimate of drug-likeness (QED) is 0.0262. The van der Waals surface area contributed by atoms with Gasteiger partial charge >= 0.3 is 17.9 Å². The highest BCUT2D eigenvalue weighted by molar-refractivity contribution is 5.71. The maximum Gasteiger partial charge on any atom is 0.306 e. The molecule has 0 radical (unpaired) electrons. The van der Waals surface area contributed by atoms with E-state index in [1.165, 1.54) is 199 Å². The van der Waals surface area contributed by atoms with Crippen LogP contribution < -0.4 is 0 Å². The molecular formula is C58H108O6. The molecule has 1 unspecified atom stereocenters. The van der Waals surface area contributed by atoms with Crippen molar-refractivity contribution >= 4 is 17.9 Å². The molecule has 0 aromatic carbocycles. The Kier molecular flexibility index (Phi) is 51.7. The summed E-state index contributed by atoms with van der Waals surface area (Å²) in [7, 11) is 0. The predicted octanol–water partition coefficient (Wildman–Crippen LogP) is 18.7. The van der Waals surface area contributed by atoms with Crippen LogP contribution in [-0.2, 0) is 28.6 Å². The highest BCUT2D eigenvalue weighted by Gasteiger charge is 2.19. The highest BCUT2D eigenvalue weighted by Crippen LogP contribution is 2.16. The number of rotatable bonds is 52. The molecule has 0 saturated heterocycles. The average Bonchev–Trinajstić information content (AvgIpc) is 3.29. The molecule has 0 amide bonds. The van der Waals surface area contributed by atoms with Gasteiger partial charge in [0.2, 0.25) is 0 Å². The second-order valence-electron chi connectivity index (χ2n) is 19.2. The van der Waals surface area contributed by atoms with E-state index in [9.17, 15) is 14.4 Å². The Bertz CT molecular complexity index is 1040. The summed E-state index contributed by atoms with van der Waals surface area (Å²) in [6.45, 7) is 6.65. The van der Waals surface area contributed by atoms with E-state index in [0.29, 0.717) is 19.3 Å². The lowest BCUT2D eigenvalue weighted by Crippen LogP contribution is -2.30. The lowest BCUT2D eigenvalue weighted by molar-refractivity contribution is -0.167. The first kappa shape index (κ1) is 61.9. The minimum absolute atomic E-state index is 0.0730. The summed E-state index contributed by atoms with van der Waals surface area (Å²) in [6.07, 6.45) is 61.6. The normalized spacial score (nSPS) is 12.1. The SMILES string of the molecule is CCCCCCC/C=C\CCCCCCCC(=O)OCC(COC(=O)CCCCCCCCCCCCCCCCCCCC)OC(=O)CCCCCCC/C=C\CCCCCCC. The Morgan fingerprint density at radius 3 is 0.781 bits per heavy atom. The van der Waals surface area contributed by atoms with Gasteiger partial charge in [0.15, 0.2) is 6.10 Å². The summed E-state index contributed by atoms with van der Waals surface area (Å²) in [5, 5.41) is 0. The fourth-order valence-electron chi connectivity index (χ4n) is 8.37. The van der Waals surface area contributed by atoms with Gasteiger partial charge in [0.1, 0.15) is 13.2 Å². The van der Waals surface area contributed by atoms with Gasteiger partial charge in [-0.25, -0.2) is 0 Å². The summed E-state index contributed by atoms with van der Waals surface area (Å²) >= 11 is 0. The molecule has 0 spiro atoms. The van der Waals surface area contributed by atoms with Crippen molar-refractivity contribution in [2.45, 2.75) is 316 Å². The Morgan fingerprint density at radius 1 is 0.297 bits per heavy atom. The first-order valence-electron chi connectivity index (χ1n) is 28.3. The smallest absolute Gasteiger partial charge is 0.306 e. The van der Waals surface area contributed by atoms with E-state index in [1.54, 1.807) is 0 Å². The van der Waals surface area contributed by atoms with E-state index in [0.717, 1.165) is 70.6 Å². The fourth-order valence-corrected chi connectivity index (χ4v) is 8.37. The number of hydrogen-bond donors (Lipinski definition) is 0. The van der Waals surface area contributed by atoms with Gasteiger partial charge in [-0.1, -0.05) is 244 Å². The van der Waals surface area contributed by atoms with Crippen molar-refractivity contribution in [2.24, 2.45) is 0 Å². The average molecular weight is 901 g/mol. The Balaban J connectivity index is 4.33. The molecule has 0 aliphatic carbocycles. The number of carbonyl (C=O) groups is 3. The summed E-state index contributed by atoms with van der Waals surface area (Å²) in [5.41, 5.74) is 0. The van der Waals surface area contributed by atoms with E-state index in [1.807, 2.05) is 0 Å². The summed E-state index contributed by atoms with van der Waals surface area (Å²) in [6, 6.07) is 0. The number of ether oxygens (including phenoxy) is 3. The van der Waals surface area contributed by atoms with Crippen LogP contribution in [0.3, 0.4) is 0 Å². The fraction of sp³-hybridized carbons (Fsp3) is 0.879. The van der Waals surface area contributed by atoms with E-state index >= 15 is 0 Å². The second-order valence-corrected chi connectivity index (χ2v) is 19.2. The van der Waals surface area contributed by atoms with Gasteiger partial charge in [-0.2, -0.15) is 0 Å². The molecule has 6 heteroatoms. The maximum absolute atomic E-state index is 12.8. The first-order valence-corrected chi connectivity index (χ1v) is 28.3. The molecule has 0 aliphatic rings. The Labute approximate surface area is 398 Å². The van der Waals surface area contributed by atoms with Crippen molar-refractivity contribution in [3.8, 4) is 0 Å². The standard InChI is InChI=1S/C58H108O6/c1-4-7-10-13-16-19-22-25-28-29-30-31-34-36-39-42-45-48-51-57(60)63-54-55(64-58(61)52-49-46-43-40-37-33-27-24-21-18-15-12-9-6-3)53-62-56(59)50-47-44-41-38-35-32-26-23-20-17-14-11-8-5-2/h23-24,26-27,55H,4-22,25,28-54H2,1-3H3/b26-23-,27-24-. The minimum atomic E-state index is -0.774. The summed E-state index contributed by atoms with van der Waals surface area (Å²) in [4.78, 5) is 38.1. The van der Waals surface area contributed by atoms with Crippen LogP contribution in [0.25, 0.3) is 0 Å². The second kappa shape index (κ2) is 53.5. The predicted molar refractivity (Wildman–Crippen MR) is 275 cm³/mol. The van der Waals surface area contributed by atoms with Gasteiger partial charge in [0.05, 0.1) is 0 Å². The number of unbranched alkanes of at least 4 members (excludes halogenated alkanes) is 37. The molecule has 0 aromatic heterocycles. The molecule has 0 bridgehead atoms. The van der Waals surface area contributed by atoms with Gasteiger partial charge in [-0.3, -0.25) is 14.4 Å². The zero-order valence-electron chi connectivity index (χ0n) is 43.1. The third kappa shape index (κ3) is 50.9. The van der Waals surface area contributed by atoms with Crippen LogP contribution in [0.15, 0.2) is 24.3 Å². The number of allylic oxidation sites excluding steroid dienone is 4. The van der Waals surface area contributed by atoms with Crippen molar-refractivity contribution < 1.29 is 28.6 Å². The molecule has 0 aliphatic heterocycles. The van der Waals surface area contributed by atoms with Crippen molar-refractivity contribution in [1.29, 1.82) is 0 Å². The molecule has 0 fully saturated rings. The lowest BCUT2D eigenvalue weighted by Gasteiger charge is -2.18. The van der Waals surface area contributed by atoms with Gasteiger partial charge in [0, 0.05) is 19.3 Å². The summed E-state index contributed by atoms with van der Waals surface area (Å²) in [5.74, 6) is -0.872. The molecule has 0 N–H and O–H groups in total. The van der Waals surface area contributed by atoms with Gasteiger partial charge < -0.3 is 14.2 Å². The molecule has 64 heavy (non-hydrogen) atoms. The lowest BCUT2D eigenvalue weighted by atomic mass is 10.0. The minimum Gasteiger partial charge on any atom is -0.462 e. The third-order valence-corrected chi connectivity index (χ3v) is 12.7. The summed E-state index contributed by atoms with van der Waals surface area (Å²) < 4.78 is 16.8. The van der Waals surface area contributed by atoms with Crippen molar-refractivity contribution in [3.05, 3.63) is 24.3 Å². The van der Waals surface area contributed by atoms with Crippen LogP contribution in [0.2, 0.25) is 0 Å². The van der Waals surface area contributed by atoms with Crippen molar-refractivity contribution in [2.75, 3.05) is 13.2 Å². The van der Waals surface area contributed by atoms with Crippen LogP contribution in [0, 0.1) is 0 Å². The van der Waals surface area contributed by atoms with Gasteiger partial charge in [0.25, 0.3) is 0 Å². The van der Waals surface area contributed by atoms with Crippen LogP contribution in [0.1, 0.15) is 310 Å². The zero-order chi connectivity index (χ0) is 46.5. The number of carbonyl (C=O) groups excluding carboxylic acids is 3. The van der Waals surface area contributed by atoms with Crippen molar-refractivity contribution in [1.82, 2.24) is 0 Å². The topological polar surface area (TPSA) is 78.9 Å². The third-order valence-electron chi connectivity index (χ3n) is 12.7. The number of esters is 3. The van der Waals surface area contributed by atoms with Crippen LogP contribution >= 0.6 is 0 Å². The molecule has 376 valence electrons. The van der Waals surface area contributed by atoms with Gasteiger partial charge in [-0.15, -0.1) is 0 Å². The zero-order valence-corrected chi connectivity index (χ0v) is 43.1. The molecule has 1 atom stereocenters. The Morgan fingerprint density at radius 2 is 0.516 bits per heavy atom. The monoisotopic (exact) mass is 901 g/mol. The van der Waals surface area contributed by atoms with Gasteiger partial charge in [-0.05, 0) is 70.6 Å².